The van der Waals surface area contributed by atoms with Crippen molar-refractivity contribution in [2.75, 3.05) is 0 Å². The zero-order chi connectivity index (χ0) is 51.1. The van der Waals surface area contributed by atoms with E-state index in [0.717, 1.165) is 29.2 Å². The van der Waals surface area contributed by atoms with Gasteiger partial charge in [-0.3, -0.25) is 0 Å². The molecule has 3 aromatic carbocycles. The Morgan fingerprint density at radius 3 is 1.17 bits per heavy atom. The van der Waals surface area contributed by atoms with E-state index < -0.39 is 80.9 Å². The lowest BCUT2D eigenvalue weighted by Crippen LogP contribution is -2.47. The van der Waals surface area contributed by atoms with Crippen LogP contribution < -0.4 is 15.4 Å². The van der Waals surface area contributed by atoms with E-state index in [2.05, 4.69) is 14.8 Å². The van der Waals surface area contributed by atoms with Gasteiger partial charge in [0.15, 0.2) is 0 Å². The number of halogens is 2. The second-order valence-corrected chi connectivity index (χ2v) is 21.4. The van der Waals surface area contributed by atoms with E-state index in [0.29, 0.717) is 12.2 Å². The highest BCUT2D eigenvalue weighted by Gasteiger charge is 2.31. The molecule has 0 spiro atoms. The second kappa shape index (κ2) is 24.5. The maximum atomic E-state index is 13.6. The number of rotatable bonds is 13. The van der Waals surface area contributed by atoms with Gasteiger partial charge in [0.1, 0.15) is 40.2 Å². The summed E-state index contributed by atoms with van der Waals surface area (Å²) < 4.78 is 79.2. The molecule has 370 valence electrons. The van der Waals surface area contributed by atoms with Crippen LogP contribution in [-0.4, -0.2) is 79.2 Å². The normalized spacial score (nSPS) is 13.4. The Balaban J connectivity index is 0.000000521. The van der Waals surface area contributed by atoms with Crippen molar-refractivity contribution in [3.63, 3.8) is 0 Å². The van der Waals surface area contributed by atoms with Crippen LogP contribution in [0.25, 0.3) is 0 Å². The lowest BCUT2D eigenvalue weighted by molar-refractivity contribution is -0.158. The average Bonchev–Trinajstić information content (AvgIpc) is 3.09. The van der Waals surface area contributed by atoms with Gasteiger partial charge in [-0.05, 0) is 139 Å². The molecular weight excluding hydrogens is 879 g/mol. The first kappa shape index (κ1) is 58.7. The molecule has 2 N–H and O–H groups in total. The topological polar surface area (TPSA) is 182 Å². The van der Waals surface area contributed by atoms with Crippen molar-refractivity contribution in [2.24, 2.45) is 0 Å². The van der Waals surface area contributed by atoms with Gasteiger partial charge in [0.2, 0.25) is 12.2 Å². The highest BCUT2D eigenvalue weighted by molar-refractivity contribution is 7.86. The summed E-state index contributed by atoms with van der Waals surface area (Å²) in [5, 5.41) is 5.19. The standard InChI is InChI=1S/C21H32FNO5.C19H29NO4.C9H11FO3S/c1-19(2,3)27-17(24)16(23-18(25)28-20(4,5)6)13-14-9-11-15(12-10-14)26-21(7,8)22;1-13-8-10-14(11-9-13)12-15(16(21)23-18(2,3)4)20-17(22)24-19(5,6)7;1-7-3-5-9(6-4-7)14(11,12)13-8(2)10/h9-12,16H,13H2,1-8H3,(H,23,25);8-11,15H,12H2,1-7H3,(H,20,22);3-6,8H,1-2H3/t16-;15-;/m11./s1. The number of hydrogen-bond acceptors (Lipinski definition) is 12. The summed E-state index contributed by atoms with van der Waals surface area (Å²) >= 11 is 0. The van der Waals surface area contributed by atoms with Gasteiger partial charge in [-0.2, -0.15) is 12.8 Å². The third kappa shape index (κ3) is 27.2. The van der Waals surface area contributed by atoms with Crippen LogP contribution in [0.2, 0.25) is 0 Å². The van der Waals surface area contributed by atoms with Gasteiger partial charge in [-0.15, -0.1) is 0 Å². The van der Waals surface area contributed by atoms with Crippen molar-refractivity contribution in [3.8, 4) is 5.75 Å². The molecule has 0 radical (unpaired) electrons. The van der Waals surface area contributed by atoms with Gasteiger partial charge >= 0.3 is 24.1 Å². The monoisotopic (exact) mass is 950 g/mol. The summed E-state index contributed by atoms with van der Waals surface area (Å²) in [7, 11) is -3.95. The van der Waals surface area contributed by atoms with Crippen LogP contribution in [0, 0.1) is 13.8 Å². The number of hydrogen-bond donors (Lipinski definition) is 2. The van der Waals surface area contributed by atoms with Gasteiger partial charge in [0, 0.05) is 26.7 Å². The lowest BCUT2D eigenvalue weighted by atomic mass is 10.0. The number of alkyl halides is 2. The second-order valence-electron chi connectivity index (χ2n) is 19.9. The van der Waals surface area contributed by atoms with Crippen LogP contribution in [-0.2, 0) is 55.7 Å². The molecule has 3 aromatic rings. The fourth-order valence-electron chi connectivity index (χ4n) is 5.14. The maximum absolute atomic E-state index is 13.6. The Hall–Kier alpha value is -5.29. The Morgan fingerprint density at radius 1 is 0.545 bits per heavy atom. The molecule has 17 heteroatoms. The first-order chi connectivity index (χ1) is 29.8. The van der Waals surface area contributed by atoms with Gasteiger partial charge in [-0.1, -0.05) is 59.7 Å². The van der Waals surface area contributed by atoms with Crippen molar-refractivity contribution < 1.29 is 64.2 Å². The molecule has 0 aliphatic carbocycles. The van der Waals surface area contributed by atoms with E-state index in [1.165, 1.54) is 26.0 Å². The van der Waals surface area contributed by atoms with E-state index in [1.807, 2.05) is 38.1 Å². The molecule has 3 rings (SSSR count). The van der Waals surface area contributed by atoms with E-state index in [9.17, 15) is 36.4 Å². The number of amides is 2. The molecular formula is C49H72F2N2O12S. The van der Waals surface area contributed by atoms with Gasteiger partial charge < -0.3 is 34.3 Å². The number of alkyl carbamates (subject to hydrolysis) is 2. The summed E-state index contributed by atoms with van der Waals surface area (Å²) in [4.78, 5) is 49.1. The Morgan fingerprint density at radius 2 is 0.864 bits per heavy atom. The predicted octanol–water partition coefficient (Wildman–Crippen LogP) is 10.3. The van der Waals surface area contributed by atoms with Gasteiger partial charge in [-0.25, -0.2) is 27.8 Å². The zero-order valence-corrected chi connectivity index (χ0v) is 42.5. The van der Waals surface area contributed by atoms with Gasteiger partial charge in [0.25, 0.3) is 10.1 Å². The van der Waals surface area contributed by atoms with Crippen LogP contribution in [0.4, 0.5) is 18.4 Å². The molecule has 0 fully saturated rings. The average molecular weight is 951 g/mol. The molecule has 1 unspecified atom stereocenters. The minimum atomic E-state index is -3.95. The molecule has 0 heterocycles. The number of aryl methyl sites for hydroxylation is 2. The Labute approximate surface area is 390 Å². The molecule has 2 amide bonds. The fourth-order valence-corrected chi connectivity index (χ4v) is 6.07. The first-order valence-corrected chi connectivity index (χ1v) is 22.8. The van der Waals surface area contributed by atoms with Crippen LogP contribution in [0.3, 0.4) is 0 Å². The Kier molecular flexibility index (Phi) is 21.8. The molecule has 66 heavy (non-hydrogen) atoms. The number of benzene rings is 3. The van der Waals surface area contributed by atoms with Crippen LogP contribution in [0.5, 0.6) is 5.75 Å². The first-order valence-electron chi connectivity index (χ1n) is 21.4. The van der Waals surface area contributed by atoms with E-state index in [4.69, 9.17) is 23.7 Å². The predicted molar refractivity (Wildman–Crippen MR) is 249 cm³/mol. The summed E-state index contributed by atoms with van der Waals surface area (Å²) in [6.45, 7) is 28.6. The van der Waals surface area contributed by atoms with Gasteiger partial charge in [0.05, 0.1) is 4.90 Å². The van der Waals surface area contributed by atoms with Crippen molar-refractivity contribution >= 4 is 34.2 Å². The molecule has 0 saturated heterocycles. The third-order valence-electron chi connectivity index (χ3n) is 7.62. The minimum Gasteiger partial charge on any atom is -0.459 e. The van der Waals surface area contributed by atoms with E-state index in [-0.39, 0.29) is 11.3 Å². The maximum Gasteiger partial charge on any atom is 0.408 e. The van der Waals surface area contributed by atoms with Crippen LogP contribution in [0.15, 0.2) is 77.7 Å². The highest BCUT2D eigenvalue weighted by Crippen LogP contribution is 2.22. The molecule has 0 aliphatic rings. The molecule has 0 aliphatic heterocycles. The molecule has 0 saturated carbocycles. The number of ether oxygens (including phenoxy) is 5. The van der Waals surface area contributed by atoms with Crippen molar-refractivity contribution in [1.82, 2.24) is 10.6 Å². The largest absolute Gasteiger partial charge is 0.459 e. The quantitative estimate of drug-likeness (QED) is 0.0941. The van der Waals surface area contributed by atoms with Crippen molar-refractivity contribution in [1.29, 1.82) is 0 Å². The molecule has 3 atom stereocenters. The fraction of sp³-hybridized carbons (Fsp3) is 0.551. The number of esters is 2. The molecule has 14 nitrogen and oxygen atoms in total. The lowest BCUT2D eigenvalue weighted by Gasteiger charge is -2.26. The SMILES string of the molecule is CC(C)(C)OC(=O)N[C@H](Cc1ccc(OC(C)(C)F)cc1)C(=O)OC(C)(C)C.Cc1ccc(C[C@@H](NC(=O)OC(C)(C)C)C(=O)OC(C)(C)C)cc1.Cc1ccc(S(=O)(=O)OC(C)F)cc1. The summed E-state index contributed by atoms with van der Waals surface area (Å²) in [6, 6.07) is 18.7. The summed E-state index contributed by atoms with van der Waals surface area (Å²) in [5.74, 6) is -2.47. The number of nitrogens with one attached hydrogen (secondary N) is 2. The van der Waals surface area contributed by atoms with E-state index in [1.54, 1.807) is 119 Å². The van der Waals surface area contributed by atoms with Crippen LogP contribution >= 0.6 is 0 Å². The smallest absolute Gasteiger partial charge is 0.408 e. The Bertz CT molecular complexity index is 2110. The van der Waals surface area contributed by atoms with Crippen LogP contribution in [0.1, 0.15) is 126 Å². The third-order valence-corrected chi connectivity index (χ3v) is 8.99. The number of carbonyl (C=O) groups is 4. The molecule has 0 aromatic heterocycles. The zero-order valence-electron chi connectivity index (χ0n) is 41.6. The summed E-state index contributed by atoms with van der Waals surface area (Å²) in [6.07, 6.45) is -2.64. The minimum absolute atomic E-state index is 0.0346. The summed E-state index contributed by atoms with van der Waals surface area (Å²) in [5.41, 5.74) is 1.09. The van der Waals surface area contributed by atoms with Crippen molar-refractivity contribution in [2.45, 2.75) is 182 Å². The van der Waals surface area contributed by atoms with E-state index >= 15 is 0 Å². The number of carbonyl (C=O) groups excluding carboxylic acids is 4. The molecule has 0 bridgehead atoms. The van der Waals surface area contributed by atoms with Crippen molar-refractivity contribution in [3.05, 3.63) is 95.1 Å². The highest BCUT2D eigenvalue weighted by atomic mass is 32.2.